The average molecular weight is 404 g/mol. The highest BCUT2D eigenvalue weighted by atomic mass is 19.1. The smallest absolute Gasteiger partial charge is 0.253 e. The predicted molar refractivity (Wildman–Crippen MR) is 112 cm³/mol. The summed E-state index contributed by atoms with van der Waals surface area (Å²) in [4.78, 5) is 24.9. The number of aromatic nitrogens is 2. The summed E-state index contributed by atoms with van der Waals surface area (Å²) in [6.45, 7) is 1.93. The van der Waals surface area contributed by atoms with E-state index in [4.69, 9.17) is 0 Å². The predicted octanol–water partition coefficient (Wildman–Crippen LogP) is 3.66. The maximum absolute atomic E-state index is 13.3. The highest BCUT2D eigenvalue weighted by Gasteiger charge is 2.29. The number of benzene rings is 2. The lowest BCUT2D eigenvalue weighted by molar-refractivity contribution is -0.121. The van der Waals surface area contributed by atoms with Crippen molar-refractivity contribution in [2.24, 2.45) is 7.05 Å². The molecule has 2 N–H and O–H groups in total. The van der Waals surface area contributed by atoms with Crippen LogP contribution >= 0.6 is 0 Å². The topological polar surface area (TPSA) is 76.0 Å². The Morgan fingerprint density at radius 1 is 1.20 bits per heavy atom. The highest BCUT2D eigenvalue weighted by Crippen LogP contribution is 2.31. The van der Waals surface area contributed by atoms with E-state index in [0.29, 0.717) is 16.8 Å². The lowest BCUT2D eigenvalue weighted by Crippen LogP contribution is -2.31. The van der Waals surface area contributed by atoms with Gasteiger partial charge in [0.25, 0.3) is 5.91 Å². The maximum Gasteiger partial charge on any atom is 0.253 e. The van der Waals surface area contributed by atoms with Gasteiger partial charge < -0.3 is 10.6 Å². The van der Waals surface area contributed by atoms with Crippen molar-refractivity contribution < 1.29 is 14.0 Å². The van der Waals surface area contributed by atoms with E-state index >= 15 is 0 Å². The van der Waals surface area contributed by atoms with Gasteiger partial charge in [0.1, 0.15) is 5.82 Å². The largest absolute Gasteiger partial charge is 0.332 e. The van der Waals surface area contributed by atoms with E-state index in [1.807, 2.05) is 38.2 Å². The minimum absolute atomic E-state index is 0.124. The van der Waals surface area contributed by atoms with Crippen molar-refractivity contribution in [1.29, 1.82) is 0 Å². The Balaban J connectivity index is 1.59. The molecule has 1 aromatic heterocycles. The van der Waals surface area contributed by atoms with Crippen molar-refractivity contribution in [2.45, 2.75) is 19.3 Å². The Hall–Kier alpha value is -3.74. The Morgan fingerprint density at radius 2 is 1.97 bits per heavy atom. The Labute approximate surface area is 173 Å². The molecule has 0 spiro atoms. The third kappa shape index (κ3) is 4.00. The Kier molecular flexibility index (Phi) is 5.18. The molecule has 2 aromatic carbocycles. The van der Waals surface area contributed by atoms with Crippen LogP contribution in [0.2, 0.25) is 0 Å². The number of rotatable bonds is 4. The molecule has 1 unspecified atom stereocenters. The molecular formula is C23H21FN4O2. The van der Waals surface area contributed by atoms with Gasteiger partial charge in [-0.15, -0.1) is 0 Å². The van der Waals surface area contributed by atoms with Gasteiger partial charge in [-0.2, -0.15) is 5.10 Å². The number of amides is 2. The van der Waals surface area contributed by atoms with Crippen molar-refractivity contribution >= 4 is 17.5 Å². The minimum atomic E-state index is -0.442. The summed E-state index contributed by atoms with van der Waals surface area (Å²) in [5, 5.41) is 9.88. The maximum atomic E-state index is 13.3. The van der Waals surface area contributed by atoms with Crippen LogP contribution in [0.4, 0.5) is 10.1 Å². The first-order valence-electron chi connectivity index (χ1n) is 9.58. The van der Waals surface area contributed by atoms with Crippen molar-refractivity contribution in [3.05, 3.63) is 83.4 Å². The molecule has 6 nitrogen and oxygen atoms in total. The van der Waals surface area contributed by atoms with Gasteiger partial charge in [-0.3, -0.25) is 14.3 Å². The van der Waals surface area contributed by atoms with Gasteiger partial charge in [-0.25, -0.2) is 4.39 Å². The summed E-state index contributed by atoms with van der Waals surface area (Å²) in [5.74, 6) is -1.31. The normalized spacial score (nSPS) is 16.0. The summed E-state index contributed by atoms with van der Waals surface area (Å²) >= 11 is 0. The quantitative estimate of drug-likeness (QED) is 0.697. The molecule has 0 saturated heterocycles. The van der Waals surface area contributed by atoms with Crippen LogP contribution in [0, 0.1) is 12.7 Å². The van der Waals surface area contributed by atoms with Gasteiger partial charge in [-0.05, 0) is 42.8 Å². The molecule has 0 aliphatic carbocycles. The fraction of sp³-hybridized carbons (Fsp3) is 0.174. The molecule has 0 radical (unpaired) electrons. The Bertz CT molecular complexity index is 1150. The molecule has 1 aliphatic rings. The standard InChI is InChI=1S/C23H21FN4O2/c1-14-10-21(28(2)27-14)16-4-3-5-18(11-16)26-23(30)20-13-25-22(29)12-19(20)15-6-8-17(24)9-7-15/h3-11,13,19H,12H2,1-2H3,(H,25,29)(H,26,30). The van der Waals surface area contributed by atoms with Crippen LogP contribution < -0.4 is 10.6 Å². The third-order valence-electron chi connectivity index (χ3n) is 5.11. The molecular weight excluding hydrogens is 383 g/mol. The molecule has 152 valence electrons. The summed E-state index contributed by atoms with van der Waals surface area (Å²) < 4.78 is 15.1. The summed E-state index contributed by atoms with van der Waals surface area (Å²) in [6.07, 6.45) is 1.56. The minimum Gasteiger partial charge on any atom is -0.332 e. The molecule has 0 fully saturated rings. The number of carbonyl (C=O) groups excluding carboxylic acids is 2. The van der Waals surface area contributed by atoms with E-state index in [1.165, 1.54) is 18.3 Å². The molecule has 7 heteroatoms. The molecule has 1 atom stereocenters. The summed E-state index contributed by atoms with van der Waals surface area (Å²) in [6, 6.07) is 15.3. The lowest BCUT2D eigenvalue weighted by atomic mass is 9.86. The first-order chi connectivity index (χ1) is 14.4. The van der Waals surface area contributed by atoms with Crippen LogP contribution in [0.3, 0.4) is 0 Å². The van der Waals surface area contributed by atoms with Crippen molar-refractivity contribution in [3.63, 3.8) is 0 Å². The highest BCUT2D eigenvalue weighted by molar-refractivity contribution is 6.06. The van der Waals surface area contributed by atoms with E-state index in [1.54, 1.807) is 22.9 Å². The number of anilines is 1. The number of hydrogen-bond acceptors (Lipinski definition) is 3. The molecule has 4 rings (SSSR count). The van der Waals surface area contributed by atoms with E-state index in [-0.39, 0.29) is 24.1 Å². The van der Waals surface area contributed by atoms with Gasteiger partial charge in [0.2, 0.25) is 5.91 Å². The van der Waals surface area contributed by atoms with Gasteiger partial charge in [0, 0.05) is 42.4 Å². The second kappa shape index (κ2) is 7.94. The van der Waals surface area contributed by atoms with E-state index in [9.17, 15) is 14.0 Å². The van der Waals surface area contributed by atoms with E-state index in [2.05, 4.69) is 15.7 Å². The van der Waals surface area contributed by atoms with Gasteiger partial charge in [-0.1, -0.05) is 24.3 Å². The summed E-state index contributed by atoms with van der Waals surface area (Å²) in [5.41, 5.74) is 4.54. The second-order valence-corrected chi connectivity index (χ2v) is 7.30. The number of carbonyl (C=O) groups is 2. The fourth-order valence-corrected chi connectivity index (χ4v) is 3.67. The molecule has 2 heterocycles. The van der Waals surface area contributed by atoms with E-state index in [0.717, 1.165) is 17.0 Å². The number of aryl methyl sites for hydroxylation is 2. The Morgan fingerprint density at radius 3 is 2.67 bits per heavy atom. The zero-order chi connectivity index (χ0) is 21.3. The fourth-order valence-electron chi connectivity index (χ4n) is 3.67. The first-order valence-corrected chi connectivity index (χ1v) is 9.58. The number of halogens is 1. The van der Waals surface area contributed by atoms with Crippen LogP contribution in [0.15, 0.2) is 66.4 Å². The average Bonchev–Trinajstić information content (AvgIpc) is 3.06. The SMILES string of the molecule is Cc1cc(-c2cccc(NC(=O)C3=CNC(=O)CC3c3ccc(F)cc3)c2)n(C)n1. The van der Waals surface area contributed by atoms with Gasteiger partial charge in [0.05, 0.1) is 11.4 Å². The zero-order valence-corrected chi connectivity index (χ0v) is 16.6. The molecule has 1 aliphatic heterocycles. The molecule has 0 saturated carbocycles. The number of nitrogens with one attached hydrogen (secondary N) is 2. The van der Waals surface area contributed by atoms with Crippen LogP contribution in [-0.2, 0) is 16.6 Å². The second-order valence-electron chi connectivity index (χ2n) is 7.30. The molecule has 0 bridgehead atoms. The van der Waals surface area contributed by atoms with Crippen LogP contribution in [0.25, 0.3) is 11.3 Å². The van der Waals surface area contributed by atoms with Crippen LogP contribution in [0.5, 0.6) is 0 Å². The monoisotopic (exact) mass is 404 g/mol. The van der Waals surface area contributed by atoms with Crippen molar-refractivity contribution in [2.75, 3.05) is 5.32 Å². The van der Waals surface area contributed by atoms with Gasteiger partial charge in [0.15, 0.2) is 0 Å². The van der Waals surface area contributed by atoms with E-state index < -0.39 is 5.92 Å². The number of nitrogens with zero attached hydrogens (tertiary/aromatic N) is 2. The van der Waals surface area contributed by atoms with Crippen molar-refractivity contribution in [3.8, 4) is 11.3 Å². The number of hydrogen-bond donors (Lipinski definition) is 2. The third-order valence-corrected chi connectivity index (χ3v) is 5.11. The summed E-state index contributed by atoms with van der Waals surface area (Å²) in [7, 11) is 1.87. The van der Waals surface area contributed by atoms with Crippen LogP contribution in [-0.4, -0.2) is 21.6 Å². The zero-order valence-electron chi connectivity index (χ0n) is 16.6. The van der Waals surface area contributed by atoms with Crippen molar-refractivity contribution in [1.82, 2.24) is 15.1 Å². The van der Waals surface area contributed by atoms with Crippen LogP contribution in [0.1, 0.15) is 23.6 Å². The molecule has 2 amide bonds. The molecule has 30 heavy (non-hydrogen) atoms. The van der Waals surface area contributed by atoms with Gasteiger partial charge >= 0.3 is 0 Å². The first kappa shape index (κ1) is 19.6. The lowest BCUT2D eigenvalue weighted by Gasteiger charge is -2.24. The molecule has 3 aromatic rings.